The number of ether oxygens (including phenoxy) is 2. The molecule has 0 spiro atoms. The van der Waals surface area contributed by atoms with E-state index in [1.807, 2.05) is 18.2 Å². The molecule has 0 bridgehead atoms. The van der Waals surface area contributed by atoms with Crippen LogP contribution >= 0.6 is 0 Å². The molecule has 2 aromatic heterocycles. The van der Waals surface area contributed by atoms with Crippen molar-refractivity contribution in [1.82, 2.24) is 25.1 Å². The van der Waals surface area contributed by atoms with Gasteiger partial charge in [0.1, 0.15) is 11.3 Å². The van der Waals surface area contributed by atoms with E-state index in [0.29, 0.717) is 43.3 Å². The van der Waals surface area contributed by atoms with Gasteiger partial charge in [-0.2, -0.15) is 9.37 Å². The monoisotopic (exact) mass is 503 g/mol. The average molecular weight is 504 g/mol. The van der Waals surface area contributed by atoms with Crippen molar-refractivity contribution in [3.63, 3.8) is 0 Å². The summed E-state index contributed by atoms with van der Waals surface area (Å²) in [4.78, 5) is 8.39. The van der Waals surface area contributed by atoms with Crippen LogP contribution in [0.3, 0.4) is 0 Å². The van der Waals surface area contributed by atoms with Crippen molar-refractivity contribution in [3.8, 4) is 5.75 Å². The summed E-state index contributed by atoms with van der Waals surface area (Å²) < 4.78 is 27.2. The quantitative estimate of drug-likeness (QED) is 0.245. The summed E-state index contributed by atoms with van der Waals surface area (Å²) in [5, 5.41) is 30.0. The summed E-state index contributed by atoms with van der Waals surface area (Å²) in [5.74, 6) is 0.193. The van der Waals surface area contributed by atoms with E-state index in [2.05, 4.69) is 32.6 Å². The van der Waals surface area contributed by atoms with Gasteiger partial charge in [0.25, 0.3) is 5.95 Å². The Labute approximate surface area is 208 Å². The molecule has 1 saturated heterocycles. The SMILES string of the molecule is CCC[C@@H](CCO)Nc1nc(N)nc2c(F)nn(Cc3ccc(CN[C@H]4COC[C@@H]4O)cc3OC)c12. The molecule has 1 fully saturated rings. The van der Waals surface area contributed by atoms with Crippen LogP contribution in [0, 0.1) is 5.95 Å². The third kappa shape index (κ3) is 5.84. The first-order valence-corrected chi connectivity index (χ1v) is 12.1. The average Bonchev–Trinajstić information content (AvgIpc) is 3.40. The van der Waals surface area contributed by atoms with Gasteiger partial charge in [-0.05, 0) is 24.5 Å². The lowest BCUT2D eigenvalue weighted by atomic mass is 10.1. The van der Waals surface area contributed by atoms with Gasteiger partial charge in [-0.25, -0.2) is 4.98 Å². The van der Waals surface area contributed by atoms with E-state index in [1.165, 1.54) is 4.68 Å². The van der Waals surface area contributed by atoms with Crippen molar-refractivity contribution >= 4 is 22.8 Å². The van der Waals surface area contributed by atoms with Crippen LogP contribution in [0.5, 0.6) is 5.75 Å². The third-order valence-electron chi connectivity index (χ3n) is 6.31. The number of fused-ring (bicyclic) bond motifs is 1. The van der Waals surface area contributed by atoms with Crippen LogP contribution in [0.4, 0.5) is 16.2 Å². The largest absolute Gasteiger partial charge is 0.496 e. The second-order valence-corrected chi connectivity index (χ2v) is 8.96. The molecule has 1 aromatic carbocycles. The van der Waals surface area contributed by atoms with Crippen LogP contribution in [-0.4, -0.2) is 75.1 Å². The van der Waals surface area contributed by atoms with Gasteiger partial charge in [-0.1, -0.05) is 25.5 Å². The summed E-state index contributed by atoms with van der Waals surface area (Å²) in [6.45, 7) is 3.61. The maximum absolute atomic E-state index is 14.8. The summed E-state index contributed by atoms with van der Waals surface area (Å²) in [7, 11) is 1.58. The molecular weight excluding hydrogens is 469 g/mol. The topological polar surface area (TPSA) is 153 Å². The molecule has 196 valence electrons. The Morgan fingerprint density at radius 1 is 1.31 bits per heavy atom. The number of aliphatic hydroxyl groups is 2. The molecule has 3 heterocycles. The zero-order valence-corrected chi connectivity index (χ0v) is 20.6. The van der Waals surface area contributed by atoms with Crippen molar-refractivity contribution in [1.29, 1.82) is 0 Å². The number of anilines is 2. The predicted octanol–water partition coefficient (Wildman–Crippen LogP) is 1.42. The number of benzene rings is 1. The first-order chi connectivity index (χ1) is 17.4. The molecule has 0 unspecified atom stereocenters. The highest BCUT2D eigenvalue weighted by atomic mass is 19.1. The minimum absolute atomic E-state index is 0.0140. The lowest BCUT2D eigenvalue weighted by molar-refractivity contribution is 0.122. The van der Waals surface area contributed by atoms with Gasteiger partial charge in [0.2, 0.25) is 5.95 Å². The minimum Gasteiger partial charge on any atom is -0.496 e. The Hall–Kier alpha value is -3.06. The van der Waals surface area contributed by atoms with Crippen LogP contribution in [-0.2, 0) is 17.8 Å². The predicted molar refractivity (Wildman–Crippen MR) is 133 cm³/mol. The number of nitrogens with zero attached hydrogens (tertiary/aromatic N) is 4. The van der Waals surface area contributed by atoms with Crippen LogP contribution in [0.2, 0.25) is 0 Å². The lowest BCUT2D eigenvalue weighted by Gasteiger charge is -2.19. The number of aliphatic hydroxyl groups excluding tert-OH is 2. The standard InChI is InChI=1S/C24H34FN7O4/c1-3-4-16(7-8-33)28-23-21-20(29-24(26)30-23)22(25)31-32(21)11-15-6-5-14(9-19(15)35-2)10-27-17-12-36-13-18(17)34/h5-6,9,16-18,27,33-34H,3-4,7-8,10-13H2,1-2H3,(H3,26,28,29,30)/t16-,17-,18-/m0/s1. The Balaban J connectivity index is 1.61. The van der Waals surface area contributed by atoms with Gasteiger partial charge in [0.05, 0.1) is 39.0 Å². The van der Waals surface area contributed by atoms with Gasteiger partial charge >= 0.3 is 0 Å². The maximum atomic E-state index is 14.8. The highest BCUT2D eigenvalue weighted by Gasteiger charge is 2.25. The summed E-state index contributed by atoms with van der Waals surface area (Å²) >= 11 is 0. The fraction of sp³-hybridized carbons (Fsp3) is 0.542. The third-order valence-corrected chi connectivity index (χ3v) is 6.31. The molecule has 11 nitrogen and oxygen atoms in total. The van der Waals surface area contributed by atoms with Crippen molar-refractivity contribution in [3.05, 3.63) is 35.3 Å². The smallest absolute Gasteiger partial charge is 0.259 e. The van der Waals surface area contributed by atoms with Crippen LogP contribution in [0.25, 0.3) is 11.0 Å². The zero-order chi connectivity index (χ0) is 25.7. The van der Waals surface area contributed by atoms with Crippen molar-refractivity contribution in [2.45, 2.75) is 57.5 Å². The molecule has 6 N–H and O–H groups in total. The summed E-state index contributed by atoms with van der Waals surface area (Å²) in [6.07, 6.45) is 1.70. The van der Waals surface area contributed by atoms with Gasteiger partial charge in [-0.15, -0.1) is 5.10 Å². The number of halogens is 1. The van der Waals surface area contributed by atoms with Gasteiger partial charge < -0.3 is 36.1 Å². The molecule has 3 atom stereocenters. The molecular formula is C24H34FN7O4. The van der Waals surface area contributed by atoms with Crippen molar-refractivity contribution < 1.29 is 24.1 Å². The summed E-state index contributed by atoms with van der Waals surface area (Å²) in [5.41, 5.74) is 8.04. The van der Waals surface area contributed by atoms with E-state index in [-0.39, 0.29) is 36.7 Å². The highest BCUT2D eigenvalue weighted by Crippen LogP contribution is 2.28. The Morgan fingerprint density at radius 2 is 2.14 bits per heavy atom. The van der Waals surface area contributed by atoms with E-state index in [9.17, 15) is 14.6 Å². The second-order valence-electron chi connectivity index (χ2n) is 8.96. The number of nitrogens with one attached hydrogen (secondary N) is 2. The Bertz CT molecular complexity index is 1170. The fourth-order valence-electron chi connectivity index (χ4n) is 4.44. The fourth-order valence-corrected chi connectivity index (χ4v) is 4.44. The molecule has 1 aliphatic rings. The molecule has 1 aliphatic heterocycles. The van der Waals surface area contributed by atoms with E-state index in [0.717, 1.165) is 24.0 Å². The molecule has 0 aliphatic carbocycles. The molecule has 36 heavy (non-hydrogen) atoms. The number of aromatic nitrogens is 4. The normalized spacial score (nSPS) is 18.6. The first-order valence-electron chi connectivity index (χ1n) is 12.1. The molecule has 4 rings (SSSR count). The number of rotatable bonds is 12. The number of hydrogen-bond acceptors (Lipinski definition) is 10. The first kappa shape index (κ1) is 26.0. The van der Waals surface area contributed by atoms with E-state index >= 15 is 0 Å². The van der Waals surface area contributed by atoms with Gasteiger partial charge in [0, 0.05) is 24.8 Å². The highest BCUT2D eigenvalue weighted by molar-refractivity contribution is 5.87. The van der Waals surface area contributed by atoms with Crippen molar-refractivity contribution in [2.24, 2.45) is 0 Å². The number of nitrogens with two attached hydrogens (primary N) is 1. The lowest BCUT2D eigenvalue weighted by Crippen LogP contribution is -2.38. The Kier molecular flexibility index (Phi) is 8.52. The van der Waals surface area contributed by atoms with Crippen molar-refractivity contribution in [2.75, 3.05) is 38.0 Å². The second kappa shape index (κ2) is 11.8. The van der Waals surface area contributed by atoms with Gasteiger partial charge in [-0.3, -0.25) is 4.68 Å². The van der Waals surface area contributed by atoms with E-state index in [4.69, 9.17) is 15.2 Å². The van der Waals surface area contributed by atoms with Gasteiger partial charge in [0.15, 0.2) is 11.3 Å². The molecule has 0 amide bonds. The molecule has 0 radical (unpaired) electrons. The van der Waals surface area contributed by atoms with Crippen LogP contribution < -0.4 is 21.1 Å². The minimum atomic E-state index is -0.742. The number of nitrogen functional groups attached to an aromatic ring is 1. The number of methoxy groups -OCH3 is 1. The maximum Gasteiger partial charge on any atom is 0.259 e. The van der Waals surface area contributed by atoms with Crippen LogP contribution in [0.1, 0.15) is 37.3 Å². The Morgan fingerprint density at radius 3 is 2.83 bits per heavy atom. The molecule has 3 aromatic rings. The van der Waals surface area contributed by atoms with E-state index < -0.39 is 12.1 Å². The zero-order valence-electron chi connectivity index (χ0n) is 20.6. The summed E-state index contributed by atoms with van der Waals surface area (Å²) in [6, 6.07) is 5.57. The number of hydrogen-bond donors (Lipinski definition) is 5. The van der Waals surface area contributed by atoms with Crippen LogP contribution in [0.15, 0.2) is 18.2 Å². The molecule has 0 saturated carbocycles. The van der Waals surface area contributed by atoms with E-state index in [1.54, 1.807) is 7.11 Å². The molecule has 12 heteroatoms.